The number of fused-ring (bicyclic) bond motifs is 1. The van der Waals surface area contributed by atoms with E-state index in [0.29, 0.717) is 45.7 Å². The number of benzene rings is 1. The van der Waals surface area contributed by atoms with Crippen LogP contribution < -0.4 is 20.7 Å². The SMILES string of the molecule is Cl.O=C(COc1cccc2c1C(=O)N(C1CCC(=O)NC1=O)C2=O)NCCOCCOCCOCCOC1CCNCC1. The molecule has 1 aromatic carbocycles. The molecule has 2 fully saturated rings. The highest BCUT2D eigenvalue weighted by atomic mass is 35.5. The quantitative estimate of drug-likeness (QED) is 0.155. The van der Waals surface area contributed by atoms with Crippen molar-refractivity contribution in [2.24, 2.45) is 0 Å². The summed E-state index contributed by atoms with van der Waals surface area (Å²) in [6.07, 6.45) is 2.47. The lowest BCUT2D eigenvalue weighted by Gasteiger charge is -2.27. The second-order valence-corrected chi connectivity index (χ2v) is 9.92. The minimum absolute atomic E-state index is 0. The van der Waals surface area contributed by atoms with Crippen LogP contribution in [0.3, 0.4) is 0 Å². The van der Waals surface area contributed by atoms with Crippen LogP contribution >= 0.6 is 12.4 Å². The molecule has 3 aliphatic rings. The van der Waals surface area contributed by atoms with E-state index in [1.165, 1.54) is 18.2 Å². The number of nitrogens with one attached hydrogen (secondary N) is 3. The summed E-state index contributed by atoms with van der Waals surface area (Å²) in [4.78, 5) is 62.7. The van der Waals surface area contributed by atoms with Gasteiger partial charge in [-0.15, -0.1) is 12.4 Å². The molecule has 1 aromatic rings. The fraction of sp³-hybridized carbons (Fsp3) is 0.607. The van der Waals surface area contributed by atoms with Gasteiger partial charge in [0.05, 0.1) is 63.5 Å². The lowest BCUT2D eigenvalue weighted by molar-refractivity contribution is -0.136. The summed E-state index contributed by atoms with van der Waals surface area (Å²) in [6.45, 7) is 4.94. The fourth-order valence-electron chi connectivity index (χ4n) is 4.84. The topological polar surface area (TPSA) is 171 Å². The van der Waals surface area contributed by atoms with E-state index in [4.69, 9.17) is 23.7 Å². The Bertz CT molecular complexity index is 1130. The van der Waals surface area contributed by atoms with E-state index < -0.39 is 35.6 Å². The second-order valence-electron chi connectivity index (χ2n) is 9.92. The molecule has 15 heteroatoms. The van der Waals surface area contributed by atoms with E-state index in [0.717, 1.165) is 30.8 Å². The van der Waals surface area contributed by atoms with Crippen LogP contribution in [0.5, 0.6) is 5.75 Å². The zero-order valence-corrected chi connectivity index (χ0v) is 24.7. The van der Waals surface area contributed by atoms with Crippen LogP contribution in [0, 0.1) is 0 Å². The molecule has 2 saturated heterocycles. The number of carbonyl (C=O) groups is 5. The number of piperidine rings is 2. The summed E-state index contributed by atoms with van der Waals surface area (Å²) < 4.78 is 27.7. The van der Waals surface area contributed by atoms with Gasteiger partial charge in [0, 0.05) is 13.0 Å². The molecule has 0 bridgehead atoms. The summed E-state index contributed by atoms with van der Waals surface area (Å²) in [5.41, 5.74) is 0.0608. The van der Waals surface area contributed by atoms with Gasteiger partial charge in [-0.05, 0) is 44.5 Å². The summed E-state index contributed by atoms with van der Waals surface area (Å²) in [5, 5.41) is 8.11. The van der Waals surface area contributed by atoms with Crippen molar-refractivity contribution >= 4 is 41.9 Å². The van der Waals surface area contributed by atoms with Crippen molar-refractivity contribution in [2.45, 2.75) is 37.8 Å². The first-order valence-electron chi connectivity index (χ1n) is 14.3. The lowest BCUT2D eigenvalue weighted by atomic mass is 10.0. The standard InChI is InChI=1S/C28H38N4O10.ClH/c33-23-5-4-21(26(35)31-23)32-27(36)20-2-1-3-22(25(20)28(32)37)42-18-24(34)30-10-11-38-12-13-39-14-15-40-16-17-41-19-6-8-29-9-7-19;/h1-3,19,21,29H,4-18H2,(H,30,34)(H,31,33,35);1H. The maximum atomic E-state index is 13.1. The second kappa shape index (κ2) is 17.9. The third-order valence-corrected chi connectivity index (χ3v) is 6.97. The minimum Gasteiger partial charge on any atom is -0.483 e. The number of nitrogens with zero attached hydrogens (tertiary/aromatic N) is 1. The molecule has 0 aromatic heterocycles. The van der Waals surface area contributed by atoms with Crippen LogP contribution in [-0.4, -0.2) is 119 Å². The summed E-state index contributed by atoms with van der Waals surface area (Å²) in [5.74, 6) is -2.88. The number of amides is 5. The van der Waals surface area contributed by atoms with Crippen molar-refractivity contribution < 1.29 is 47.7 Å². The number of hydrogen-bond acceptors (Lipinski definition) is 11. The molecule has 1 atom stereocenters. The van der Waals surface area contributed by atoms with E-state index in [9.17, 15) is 24.0 Å². The highest BCUT2D eigenvalue weighted by molar-refractivity contribution is 6.24. The van der Waals surface area contributed by atoms with Crippen LogP contribution in [0.25, 0.3) is 0 Å². The predicted molar refractivity (Wildman–Crippen MR) is 153 cm³/mol. The number of ether oxygens (including phenoxy) is 5. The zero-order valence-electron chi connectivity index (χ0n) is 23.9. The van der Waals surface area contributed by atoms with Gasteiger partial charge in [-0.1, -0.05) is 6.07 Å². The van der Waals surface area contributed by atoms with Gasteiger partial charge in [0.15, 0.2) is 6.61 Å². The van der Waals surface area contributed by atoms with Gasteiger partial charge in [-0.2, -0.15) is 0 Å². The first kappa shape index (κ1) is 34.4. The molecule has 3 heterocycles. The molecule has 4 rings (SSSR count). The fourth-order valence-corrected chi connectivity index (χ4v) is 4.84. The molecule has 14 nitrogen and oxygen atoms in total. The van der Waals surface area contributed by atoms with E-state index >= 15 is 0 Å². The van der Waals surface area contributed by atoms with Crippen molar-refractivity contribution in [2.75, 3.05) is 72.5 Å². The first-order chi connectivity index (χ1) is 20.5. The number of imide groups is 2. The third-order valence-electron chi connectivity index (χ3n) is 6.97. The monoisotopic (exact) mass is 626 g/mol. The predicted octanol–water partition coefficient (Wildman–Crippen LogP) is -0.177. The van der Waals surface area contributed by atoms with Crippen LogP contribution in [0.1, 0.15) is 46.4 Å². The molecular formula is C28H39ClN4O10. The average molecular weight is 627 g/mol. The molecule has 43 heavy (non-hydrogen) atoms. The van der Waals surface area contributed by atoms with E-state index in [1.807, 2.05) is 0 Å². The van der Waals surface area contributed by atoms with Gasteiger partial charge in [0.1, 0.15) is 11.8 Å². The highest BCUT2D eigenvalue weighted by Crippen LogP contribution is 2.33. The number of carbonyl (C=O) groups excluding carboxylic acids is 5. The maximum Gasteiger partial charge on any atom is 0.266 e. The van der Waals surface area contributed by atoms with Gasteiger partial charge in [-0.25, -0.2) is 0 Å². The lowest BCUT2D eigenvalue weighted by Crippen LogP contribution is -2.54. The third kappa shape index (κ3) is 9.95. The maximum absolute atomic E-state index is 13.1. The van der Waals surface area contributed by atoms with Gasteiger partial charge < -0.3 is 34.3 Å². The molecule has 5 amide bonds. The Morgan fingerprint density at radius 2 is 1.56 bits per heavy atom. The number of rotatable bonds is 17. The first-order valence-corrected chi connectivity index (χ1v) is 14.3. The Morgan fingerprint density at radius 3 is 2.26 bits per heavy atom. The molecule has 0 aliphatic carbocycles. The molecule has 0 saturated carbocycles. The van der Waals surface area contributed by atoms with Crippen molar-refractivity contribution in [1.82, 2.24) is 20.9 Å². The van der Waals surface area contributed by atoms with Crippen molar-refractivity contribution in [1.29, 1.82) is 0 Å². The number of hydrogen-bond donors (Lipinski definition) is 3. The zero-order chi connectivity index (χ0) is 29.7. The molecule has 3 N–H and O–H groups in total. The Labute approximate surface area is 255 Å². The Morgan fingerprint density at radius 1 is 0.884 bits per heavy atom. The molecule has 3 aliphatic heterocycles. The van der Waals surface area contributed by atoms with Gasteiger partial charge in [0.2, 0.25) is 11.8 Å². The van der Waals surface area contributed by atoms with Crippen LogP contribution in [-0.2, 0) is 33.3 Å². The Kier molecular flexibility index (Phi) is 14.3. The largest absolute Gasteiger partial charge is 0.483 e. The van der Waals surface area contributed by atoms with Crippen molar-refractivity contribution in [3.63, 3.8) is 0 Å². The minimum atomic E-state index is -1.08. The highest BCUT2D eigenvalue weighted by Gasteiger charge is 2.46. The average Bonchev–Trinajstić information content (AvgIpc) is 3.24. The normalized spacial score (nSPS) is 18.7. The molecule has 0 spiro atoms. The summed E-state index contributed by atoms with van der Waals surface area (Å²) in [6, 6.07) is 3.37. The van der Waals surface area contributed by atoms with Crippen molar-refractivity contribution in [3.05, 3.63) is 29.3 Å². The van der Waals surface area contributed by atoms with Gasteiger partial charge in [0.25, 0.3) is 17.7 Å². The molecule has 1 unspecified atom stereocenters. The summed E-state index contributed by atoms with van der Waals surface area (Å²) in [7, 11) is 0. The smallest absolute Gasteiger partial charge is 0.266 e. The van der Waals surface area contributed by atoms with E-state index in [-0.39, 0.29) is 61.9 Å². The van der Waals surface area contributed by atoms with Gasteiger partial charge in [-0.3, -0.25) is 34.2 Å². The van der Waals surface area contributed by atoms with E-state index in [2.05, 4.69) is 16.0 Å². The molecule has 238 valence electrons. The van der Waals surface area contributed by atoms with Crippen molar-refractivity contribution in [3.8, 4) is 5.75 Å². The summed E-state index contributed by atoms with van der Waals surface area (Å²) >= 11 is 0. The molecular weight excluding hydrogens is 588 g/mol. The number of halogens is 1. The van der Waals surface area contributed by atoms with Crippen LogP contribution in [0.15, 0.2) is 18.2 Å². The van der Waals surface area contributed by atoms with Gasteiger partial charge >= 0.3 is 0 Å². The van der Waals surface area contributed by atoms with Crippen LogP contribution in [0.4, 0.5) is 0 Å². The van der Waals surface area contributed by atoms with E-state index in [1.54, 1.807) is 0 Å². The molecule has 0 radical (unpaired) electrons. The van der Waals surface area contributed by atoms with Crippen LogP contribution in [0.2, 0.25) is 0 Å². The Hall–Kier alpha value is -3.14. The Balaban J connectivity index is 0.00000506.